The third-order valence-corrected chi connectivity index (χ3v) is 3.56. The summed E-state index contributed by atoms with van der Waals surface area (Å²) in [5.74, 6) is -0.447. The summed E-state index contributed by atoms with van der Waals surface area (Å²) in [4.78, 5) is 17.0. The zero-order valence-corrected chi connectivity index (χ0v) is 11.0. The van der Waals surface area contributed by atoms with Gasteiger partial charge >= 0.3 is 5.97 Å². The number of rotatable bonds is 3. The Morgan fingerprint density at radius 3 is 3.05 bits per heavy atom. The topological polar surface area (TPSA) is 89.0 Å². The lowest BCUT2D eigenvalue weighted by molar-refractivity contribution is 0.0478. The van der Waals surface area contributed by atoms with Crippen LogP contribution in [-0.2, 0) is 11.3 Å². The lowest BCUT2D eigenvalue weighted by atomic mass is 10.2. The molecule has 2 rings (SSSR count). The number of nitrogen functional groups attached to an aromatic ring is 1. The molecule has 2 N–H and O–H groups in total. The molecule has 19 heavy (non-hydrogen) atoms. The molecule has 96 valence electrons. The molecule has 0 aliphatic heterocycles. The van der Waals surface area contributed by atoms with E-state index in [-0.39, 0.29) is 12.3 Å². The van der Waals surface area contributed by atoms with Gasteiger partial charge in [-0.15, -0.1) is 11.3 Å². The van der Waals surface area contributed by atoms with Gasteiger partial charge in [-0.25, -0.2) is 9.78 Å². The number of carbonyl (C=O) groups is 1. The first-order chi connectivity index (χ1) is 9.11. The van der Waals surface area contributed by atoms with E-state index >= 15 is 0 Å². The van der Waals surface area contributed by atoms with Gasteiger partial charge in [0.2, 0.25) is 0 Å². The van der Waals surface area contributed by atoms with Crippen molar-refractivity contribution in [2.24, 2.45) is 0 Å². The summed E-state index contributed by atoms with van der Waals surface area (Å²) >= 11 is 1.29. The van der Waals surface area contributed by atoms with Crippen molar-refractivity contribution in [1.29, 1.82) is 5.26 Å². The second kappa shape index (κ2) is 5.50. The number of hydrogen-bond donors (Lipinski definition) is 1. The number of pyridine rings is 1. The third-order valence-electron chi connectivity index (χ3n) is 2.51. The van der Waals surface area contributed by atoms with Crippen LogP contribution in [0.4, 0.5) is 5.69 Å². The third kappa shape index (κ3) is 2.89. The summed E-state index contributed by atoms with van der Waals surface area (Å²) in [6.45, 7) is 1.86. The summed E-state index contributed by atoms with van der Waals surface area (Å²) in [5, 5.41) is 8.87. The summed E-state index contributed by atoms with van der Waals surface area (Å²) in [5.41, 5.74) is 7.10. The Morgan fingerprint density at radius 2 is 2.42 bits per heavy atom. The number of carbonyl (C=O) groups excluding carboxylic acids is 1. The van der Waals surface area contributed by atoms with Crippen molar-refractivity contribution in [2.45, 2.75) is 13.5 Å². The SMILES string of the molecule is Cc1sc(C(=O)OCc2cccnc2C#N)cc1N. The van der Waals surface area contributed by atoms with Gasteiger partial charge in [-0.3, -0.25) is 0 Å². The Balaban J connectivity index is 2.07. The molecule has 0 saturated carbocycles. The van der Waals surface area contributed by atoms with E-state index in [1.54, 1.807) is 18.2 Å². The standard InChI is InChI=1S/C13H11N3O2S/c1-8-10(15)5-12(19-8)13(17)18-7-9-3-2-4-16-11(9)6-14/h2-5H,7,15H2,1H3. The number of aryl methyl sites for hydroxylation is 1. The van der Waals surface area contributed by atoms with Gasteiger partial charge < -0.3 is 10.5 Å². The minimum Gasteiger partial charge on any atom is -0.457 e. The van der Waals surface area contributed by atoms with E-state index in [0.29, 0.717) is 16.1 Å². The first-order valence-electron chi connectivity index (χ1n) is 5.49. The van der Waals surface area contributed by atoms with Crippen LogP contribution in [-0.4, -0.2) is 11.0 Å². The number of esters is 1. The Bertz CT molecular complexity index is 639. The number of nitrogens with two attached hydrogens (primary N) is 1. The van der Waals surface area contributed by atoms with Crippen LogP contribution in [0.3, 0.4) is 0 Å². The smallest absolute Gasteiger partial charge is 0.348 e. The molecule has 0 radical (unpaired) electrons. The van der Waals surface area contributed by atoms with E-state index in [9.17, 15) is 4.79 Å². The van der Waals surface area contributed by atoms with Crippen molar-refractivity contribution in [1.82, 2.24) is 4.98 Å². The number of nitrogens with zero attached hydrogens (tertiary/aromatic N) is 2. The molecule has 0 aliphatic carbocycles. The van der Waals surface area contributed by atoms with Crippen molar-refractivity contribution in [3.05, 3.63) is 45.4 Å². The van der Waals surface area contributed by atoms with E-state index in [4.69, 9.17) is 15.7 Å². The van der Waals surface area contributed by atoms with Gasteiger partial charge in [-0.2, -0.15) is 5.26 Å². The molecular weight excluding hydrogens is 262 g/mol. The van der Waals surface area contributed by atoms with Gasteiger partial charge in [0, 0.05) is 22.3 Å². The summed E-state index contributed by atoms with van der Waals surface area (Å²) < 4.78 is 5.15. The maximum Gasteiger partial charge on any atom is 0.348 e. The van der Waals surface area contributed by atoms with Gasteiger partial charge in [0.1, 0.15) is 23.2 Å². The lowest BCUT2D eigenvalue weighted by Gasteiger charge is -2.04. The Kier molecular flexibility index (Phi) is 3.78. The fourth-order valence-corrected chi connectivity index (χ4v) is 2.30. The highest BCUT2D eigenvalue weighted by atomic mass is 32.1. The van der Waals surface area contributed by atoms with E-state index in [1.807, 2.05) is 13.0 Å². The van der Waals surface area contributed by atoms with Crippen LogP contribution in [0.5, 0.6) is 0 Å². The largest absolute Gasteiger partial charge is 0.457 e. The van der Waals surface area contributed by atoms with Crippen molar-refractivity contribution in [3.8, 4) is 6.07 Å². The zero-order chi connectivity index (χ0) is 13.8. The summed E-state index contributed by atoms with van der Waals surface area (Å²) in [6.07, 6.45) is 1.52. The number of anilines is 1. The molecule has 0 aliphatic rings. The highest BCUT2D eigenvalue weighted by Crippen LogP contribution is 2.24. The van der Waals surface area contributed by atoms with Crippen molar-refractivity contribution in [2.75, 3.05) is 5.73 Å². The average molecular weight is 273 g/mol. The Hall–Kier alpha value is -2.39. The Labute approximate surface area is 114 Å². The van der Waals surface area contributed by atoms with Crippen LogP contribution in [0.2, 0.25) is 0 Å². The molecule has 0 bridgehead atoms. The molecule has 0 amide bonds. The first kappa shape index (κ1) is 13.1. The van der Waals surface area contributed by atoms with E-state index in [2.05, 4.69) is 4.98 Å². The average Bonchev–Trinajstić information content (AvgIpc) is 2.76. The maximum absolute atomic E-state index is 11.8. The minimum atomic E-state index is -0.447. The second-order valence-electron chi connectivity index (χ2n) is 3.82. The molecule has 0 spiro atoms. The lowest BCUT2D eigenvalue weighted by Crippen LogP contribution is -2.05. The molecule has 2 heterocycles. The highest BCUT2D eigenvalue weighted by Gasteiger charge is 2.13. The van der Waals surface area contributed by atoms with Gasteiger partial charge in [0.05, 0.1) is 0 Å². The van der Waals surface area contributed by atoms with E-state index < -0.39 is 5.97 Å². The minimum absolute atomic E-state index is 0.0203. The van der Waals surface area contributed by atoms with Crippen molar-refractivity contribution >= 4 is 23.0 Å². The van der Waals surface area contributed by atoms with Crippen LogP contribution < -0.4 is 5.73 Å². The molecule has 0 saturated heterocycles. The Morgan fingerprint density at radius 1 is 1.63 bits per heavy atom. The van der Waals surface area contributed by atoms with E-state index in [1.165, 1.54) is 17.5 Å². The van der Waals surface area contributed by atoms with Crippen LogP contribution in [0.25, 0.3) is 0 Å². The summed E-state index contributed by atoms with van der Waals surface area (Å²) in [6, 6.07) is 6.94. The zero-order valence-electron chi connectivity index (χ0n) is 10.2. The maximum atomic E-state index is 11.8. The van der Waals surface area contributed by atoms with Crippen molar-refractivity contribution in [3.63, 3.8) is 0 Å². The van der Waals surface area contributed by atoms with Crippen LogP contribution in [0.15, 0.2) is 24.4 Å². The molecule has 5 nitrogen and oxygen atoms in total. The van der Waals surface area contributed by atoms with E-state index in [0.717, 1.165) is 4.88 Å². The number of thiophene rings is 1. The fourth-order valence-electron chi connectivity index (χ4n) is 1.47. The number of nitriles is 1. The van der Waals surface area contributed by atoms with Crippen molar-refractivity contribution < 1.29 is 9.53 Å². The monoisotopic (exact) mass is 273 g/mol. The molecule has 0 fully saturated rings. The van der Waals surface area contributed by atoms with Gasteiger partial charge in [-0.05, 0) is 19.1 Å². The van der Waals surface area contributed by atoms with Gasteiger partial charge in [0.25, 0.3) is 0 Å². The number of hydrogen-bond acceptors (Lipinski definition) is 6. The number of ether oxygens (including phenoxy) is 1. The molecule has 6 heteroatoms. The normalized spacial score (nSPS) is 9.89. The fraction of sp³-hybridized carbons (Fsp3) is 0.154. The van der Waals surface area contributed by atoms with Gasteiger partial charge in [-0.1, -0.05) is 6.07 Å². The molecular formula is C13H11N3O2S. The summed E-state index contributed by atoms with van der Waals surface area (Å²) in [7, 11) is 0. The highest BCUT2D eigenvalue weighted by molar-refractivity contribution is 7.14. The molecule has 0 aromatic carbocycles. The molecule has 0 unspecified atom stereocenters. The van der Waals surface area contributed by atoms with Crippen LogP contribution in [0.1, 0.15) is 25.8 Å². The molecule has 2 aromatic heterocycles. The number of aromatic nitrogens is 1. The second-order valence-corrected chi connectivity index (χ2v) is 5.08. The quantitative estimate of drug-likeness (QED) is 0.866. The van der Waals surface area contributed by atoms with Gasteiger partial charge in [0.15, 0.2) is 0 Å². The molecule has 0 atom stereocenters. The molecule has 2 aromatic rings. The van der Waals surface area contributed by atoms with Crippen LogP contribution >= 0.6 is 11.3 Å². The predicted octanol–water partition coefficient (Wildman–Crippen LogP) is 2.26. The van der Waals surface area contributed by atoms with Crippen LogP contribution in [0, 0.1) is 18.3 Å². The first-order valence-corrected chi connectivity index (χ1v) is 6.30. The predicted molar refractivity (Wildman–Crippen MR) is 71.5 cm³/mol.